The van der Waals surface area contributed by atoms with Crippen molar-refractivity contribution in [2.24, 2.45) is 0 Å². The maximum Gasteiger partial charge on any atom is 0.339 e. The summed E-state index contributed by atoms with van der Waals surface area (Å²) in [7, 11) is 1.26. The molecular formula is C10H11NO4. The Kier molecular flexibility index (Phi) is 3.79. The SMILES string of the molecule is CCOC(=O)c1cncc(C(=O)OC)c1. The molecule has 0 fully saturated rings. The Balaban J connectivity index is 2.92. The number of carbonyl (C=O) groups excluding carboxylic acids is 2. The van der Waals surface area contributed by atoms with Crippen LogP contribution in [0.15, 0.2) is 18.5 Å². The molecule has 5 heteroatoms. The molecular weight excluding hydrogens is 198 g/mol. The van der Waals surface area contributed by atoms with E-state index in [-0.39, 0.29) is 17.7 Å². The van der Waals surface area contributed by atoms with Gasteiger partial charge in [-0.25, -0.2) is 9.59 Å². The summed E-state index contributed by atoms with van der Waals surface area (Å²) in [5.41, 5.74) is 0.461. The molecule has 0 amide bonds. The van der Waals surface area contributed by atoms with Crippen LogP contribution < -0.4 is 0 Å². The van der Waals surface area contributed by atoms with Gasteiger partial charge in [-0.3, -0.25) is 4.98 Å². The highest BCUT2D eigenvalue weighted by Crippen LogP contribution is 2.05. The Morgan fingerprint density at radius 1 is 1.27 bits per heavy atom. The number of methoxy groups -OCH3 is 1. The summed E-state index contributed by atoms with van der Waals surface area (Å²) in [6.45, 7) is 1.98. The fourth-order valence-corrected chi connectivity index (χ4v) is 0.995. The van der Waals surface area contributed by atoms with Crippen molar-refractivity contribution in [3.05, 3.63) is 29.6 Å². The molecule has 0 unspecified atom stereocenters. The van der Waals surface area contributed by atoms with Crippen LogP contribution >= 0.6 is 0 Å². The molecule has 80 valence electrons. The number of ether oxygens (including phenoxy) is 2. The van der Waals surface area contributed by atoms with Gasteiger partial charge in [0.25, 0.3) is 0 Å². The first-order valence-electron chi connectivity index (χ1n) is 4.39. The van der Waals surface area contributed by atoms with E-state index in [4.69, 9.17) is 4.74 Å². The van der Waals surface area contributed by atoms with E-state index in [1.54, 1.807) is 6.92 Å². The van der Waals surface area contributed by atoms with E-state index in [9.17, 15) is 9.59 Å². The van der Waals surface area contributed by atoms with E-state index in [1.807, 2.05) is 0 Å². The predicted octanol–water partition coefficient (Wildman–Crippen LogP) is 1.04. The van der Waals surface area contributed by atoms with Crippen LogP contribution in [0.2, 0.25) is 0 Å². The Bertz CT molecular complexity index is 375. The van der Waals surface area contributed by atoms with Crippen LogP contribution in [0, 0.1) is 0 Å². The van der Waals surface area contributed by atoms with Crippen LogP contribution in [-0.4, -0.2) is 30.6 Å². The predicted molar refractivity (Wildman–Crippen MR) is 51.5 cm³/mol. The first-order chi connectivity index (χ1) is 7.19. The van der Waals surface area contributed by atoms with Gasteiger partial charge in [0.05, 0.1) is 24.8 Å². The van der Waals surface area contributed by atoms with Gasteiger partial charge >= 0.3 is 11.9 Å². The number of rotatable bonds is 3. The van der Waals surface area contributed by atoms with Crippen LogP contribution in [0.4, 0.5) is 0 Å². The minimum absolute atomic E-state index is 0.225. The van der Waals surface area contributed by atoms with E-state index in [0.29, 0.717) is 0 Å². The third kappa shape index (κ3) is 2.77. The van der Waals surface area contributed by atoms with Gasteiger partial charge in [0.15, 0.2) is 0 Å². The highest BCUT2D eigenvalue weighted by atomic mass is 16.5. The largest absolute Gasteiger partial charge is 0.465 e. The fraction of sp³-hybridized carbons (Fsp3) is 0.300. The second-order valence-corrected chi connectivity index (χ2v) is 2.67. The summed E-state index contributed by atoms with van der Waals surface area (Å²) >= 11 is 0. The van der Waals surface area contributed by atoms with Crippen molar-refractivity contribution < 1.29 is 19.1 Å². The Labute approximate surface area is 87.0 Å². The molecule has 0 aliphatic rings. The molecule has 0 aromatic carbocycles. The highest BCUT2D eigenvalue weighted by molar-refractivity contribution is 5.94. The van der Waals surface area contributed by atoms with Gasteiger partial charge < -0.3 is 9.47 Å². The lowest BCUT2D eigenvalue weighted by Gasteiger charge is -2.02. The number of nitrogens with zero attached hydrogens (tertiary/aromatic N) is 1. The van der Waals surface area contributed by atoms with E-state index in [2.05, 4.69) is 9.72 Å². The number of esters is 2. The number of hydrogen-bond donors (Lipinski definition) is 0. The van der Waals surface area contributed by atoms with Crippen LogP contribution in [0.1, 0.15) is 27.6 Å². The summed E-state index contributed by atoms with van der Waals surface area (Å²) in [4.78, 5) is 26.2. The topological polar surface area (TPSA) is 65.5 Å². The van der Waals surface area contributed by atoms with Crippen molar-refractivity contribution in [3.8, 4) is 0 Å². The first-order valence-corrected chi connectivity index (χ1v) is 4.39. The molecule has 0 saturated carbocycles. The Hall–Kier alpha value is -1.91. The number of pyridine rings is 1. The molecule has 0 spiro atoms. The minimum atomic E-state index is -0.534. The molecule has 5 nitrogen and oxygen atoms in total. The van der Waals surface area contributed by atoms with Crippen LogP contribution in [0.5, 0.6) is 0 Å². The molecule has 0 radical (unpaired) electrons. The highest BCUT2D eigenvalue weighted by Gasteiger charge is 2.11. The minimum Gasteiger partial charge on any atom is -0.465 e. The zero-order chi connectivity index (χ0) is 11.3. The summed E-state index contributed by atoms with van der Waals surface area (Å²) in [6.07, 6.45) is 2.67. The van der Waals surface area contributed by atoms with Crippen molar-refractivity contribution in [2.45, 2.75) is 6.92 Å². The third-order valence-corrected chi connectivity index (χ3v) is 1.67. The molecule has 1 rings (SSSR count). The van der Waals surface area contributed by atoms with Crippen molar-refractivity contribution in [1.82, 2.24) is 4.98 Å². The van der Waals surface area contributed by atoms with Gasteiger partial charge in [0, 0.05) is 12.4 Å². The Morgan fingerprint density at radius 3 is 2.40 bits per heavy atom. The lowest BCUT2D eigenvalue weighted by Crippen LogP contribution is -2.08. The molecule has 1 heterocycles. The van der Waals surface area contributed by atoms with E-state index in [0.717, 1.165) is 0 Å². The van der Waals surface area contributed by atoms with Crippen molar-refractivity contribution in [2.75, 3.05) is 13.7 Å². The van der Waals surface area contributed by atoms with E-state index >= 15 is 0 Å². The molecule has 15 heavy (non-hydrogen) atoms. The van der Waals surface area contributed by atoms with E-state index in [1.165, 1.54) is 25.6 Å². The maximum absolute atomic E-state index is 11.3. The lowest BCUT2D eigenvalue weighted by molar-refractivity contribution is 0.0526. The number of carbonyl (C=O) groups is 2. The van der Waals surface area contributed by atoms with Crippen molar-refractivity contribution in [1.29, 1.82) is 0 Å². The first kappa shape index (κ1) is 11.2. The summed E-state index contributed by atoms with van der Waals surface area (Å²) in [5.74, 6) is -1.04. The zero-order valence-corrected chi connectivity index (χ0v) is 8.52. The molecule has 1 aromatic heterocycles. The van der Waals surface area contributed by atoms with Crippen LogP contribution in [0.25, 0.3) is 0 Å². The zero-order valence-electron chi connectivity index (χ0n) is 8.52. The van der Waals surface area contributed by atoms with Gasteiger partial charge in [-0.05, 0) is 13.0 Å². The van der Waals surface area contributed by atoms with Crippen molar-refractivity contribution >= 4 is 11.9 Å². The smallest absolute Gasteiger partial charge is 0.339 e. The molecule has 0 saturated heterocycles. The molecule has 0 aliphatic heterocycles. The normalized spacial score (nSPS) is 9.47. The van der Waals surface area contributed by atoms with Gasteiger partial charge in [0.1, 0.15) is 0 Å². The van der Waals surface area contributed by atoms with Crippen LogP contribution in [-0.2, 0) is 9.47 Å². The average molecular weight is 209 g/mol. The van der Waals surface area contributed by atoms with Crippen molar-refractivity contribution in [3.63, 3.8) is 0 Å². The van der Waals surface area contributed by atoms with Gasteiger partial charge in [-0.2, -0.15) is 0 Å². The van der Waals surface area contributed by atoms with E-state index < -0.39 is 11.9 Å². The Morgan fingerprint density at radius 2 is 1.87 bits per heavy atom. The number of hydrogen-bond acceptors (Lipinski definition) is 5. The second kappa shape index (κ2) is 5.09. The third-order valence-electron chi connectivity index (χ3n) is 1.67. The molecule has 0 aliphatic carbocycles. The molecule has 1 aromatic rings. The summed E-state index contributed by atoms with van der Waals surface area (Å²) < 4.78 is 9.27. The van der Waals surface area contributed by atoms with Gasteiger partial charge in [0.2, 0.25) is 0 Å². The maximum atomic E-state index is 11.3. The molecule has 0 atom stereocenters. The average Bonchev–Trinajstić information content (AvgIpc) is 2.28. The van der Waals surface area contributed by atoms with Gasteiger partial charge in [-0.1, -0.05) is 0 Å². The fourth-order valence-electron chi connectivity index (χ4n) is 0.995. The monoisotopic (exact) mass is 209 g/mol. The number of aromatic nitrogens is 1. The standard InChI is InChI=1S/C10H11NO4/c1-3-15-10(13)8-4-7(5-11-6-8)9(12)14-2/h4-6H,3H2,1-2H3. The second-order valence-electron chi connectivity index (χ2n) is 2.67. The van der Waals surface area contributed by atoms with Crippen LogP contribution in [0.3, 0.4) is 0 Å². The summed E-state index contributed by atoms with van der Waals surface area (Å²) in [6, 6.07) is 1.39. The summed E-state index contributed by atoms with van der Waals surface area (Å²) in [5, 5.41) is 0. The lowest BCUT2D eigenvalue weighted by atomic mass is 10.2. The quantitative estimate of drug-likeness (QED) is 0.696. The van der Waals surface area contributed by atoms with Gasteiger partial charge in [-0.15, -0.1) is 0 Å². The molecule has 0 bridgehead atoms. The molecule has 0 N–H and O–H groups in total.